The first-order valence-electron chi connectivity index (χ1n) is 7.34. The fraction of sp³-hybridized carbons (Fsp3) is 0.533. The van der Waals surface area contributed by atoms with E-state index in [-0.39, 0.29) is 0 Å². The number of ether oxygens (including phenoxy) is 2. The molecule has 1 aromatic carbocycles. The minimum absolute atomic E-state index is 0.315. The zero-order valence-corrected chi connectivity index (χ0v) is 11.6. The second kappa shape index (κ2) is 4.66. The first-order valence-corrected chi connectivity index (χ1v) is 7.34. The highest BCUT2D eigenvalue weighted by Gasteiger charge is 2.25. The SMILES string of the molecule is CC1CCCNC1c1nc2cc3c(cc2[nH]1)OCCO3. The van der Waals surface area contributed by atoms with E-state index in [4.69, 9.17) is 14.5 Å². The van der Waals surface area contributed by atoms with Gasteiger partial charge in [0.05, 0.1) is 17.1 Å². The van der Waals surface area contributed by atoms with Gasteiger partial charge in [0.1, 0.15) is 19.0 Å². The number of H-pyrrole nitrogens is 1. The van der Waals surface area contributed by atoms with E-state index < -0.39 is 0 Å². The van der Waals surface area contributed by atoms with Gasteiger partial charge in [-0.15, -0.1) is 0 Å². The van der Waals surface area contributed by atoms with E-state index in [2.05, 4.69) is 17.2 Å². The van der Waals surface area contributed by atoms with Crippen molar-refractivity contribution < 1.29 is 9.47 Å². The maximum absolute atomic E-state index is 5.62. The van der Waals surface area contributed by atoms with Crippen molar-refractivity contribution in [3.05, 3.63) is 18.0 Å². The van der Waals surface area contributed by atoms with Gasteiger partial charge in [0.25, 0.3) is 0 Å². The molecule has 3 heterocycles. The third kappa shape index (κ3) is 1.93. The van der Waals surface area contributed by atoms with Gasteiger partial charge in [-0.1, -0.05) is 6.92 Å². The van der Waals surface area contributed by atoms with Crippen molar-refractivity contribution in [2.45, 2.75) is 25.8 Å². The summed E-state index contributed by atoms with van der Waals surface area (Å²) in [7, 11) is 0. The normalized spacial score (nSPS) is 25.9. The summed E-state index contributed by atoms with van der Waals surface area (Å²) in [5, 5.41) is 3.56. The highest BCUT2D eigenvalue weighted by Crippen LogP contribution is 2.35. The maximum atomic E-state index is 5.62. The van der Waals surface area contributed by atoms with E-state index in [1.54, 1.807) is 0 Å². The zero-order chi connectivity index (χ0) is 13.5. The third-order valence-corrected chi connectivity index (χ3v) is 4.23. The smallest absolute Gasteiger partial charge is 0.163 e. The van der Waals surface area contributed by atoms with Crippen LogP contribution in [0.3, 0.4) is 0 Å². The lowest BCUT2D eigenvalue weighted by Gasteiger charge is -2.28. The van der Waals surface area contributed by atoms with Gasteiger partial charge in [0.15, 0.2) is 11.5 Å². The number of nitrogens with one attached hydrogen (secondary N) is 2. The number of aromatic amines is 1. The molecule has 0 spiro atoms. The number of hydrogen-bond donors (Lipinski definition) is 2. The third-order valence-electron chi connectivity index (χ3n) is 4.23. The fourth-order valence-corrected chi connectivity index (χ4v) is 3.13. The molecule has 2 atom stereocenters. The van der Waals surface area contributed by atoms with Gasteiger partial charge in [-0.2, -0.15) is 0 Å². The fourth-order valence-electron chi connectivity index (χ4n) is 3.13. The van der Waals surface area contributed by atoms with E-state index in [1.807, 2.05) is 12.1 Å². The van der Waals surface area contributed by atoms with Crippen molar-refractivity contribution in [3.63, 3.8) is 0 Å². The molecule has 2 aliphatic rings. The predicted octanol–water partition coefficient (Wildman–Crippen LogP) is 2.39. The van der Waals surface area contributed by atoms with Gasteiger partial charge >= 0.3 is 0 Å². The molecule has 5 heteroatoms. The minimum atomic E-state index is 0.315. The molecule has 0 saturated carbocycles. The largest absolute Gasteiger partial charge is 0.486 e. The number of hydrogen-bond acceptors (Lipinski definition) is 4. The number of rotatable bonds is 1. The van der Waals surface area contributed by atoms with E-state index in [1.165, 1.54) is 12.8 Å². The molecular formula is C15H19N3O2. The van der Waals surface area contributed by atoms with Crippen molar-refractivity contribution in [1.82, 2.24) is 15.3 Å². The van der Waals surface area contributed by atoms with E-state index in [9.17, 15) is 0 Å². The van der Waals surface area contributed by atoms with Crippen molar-refractivity contribution in [1.29, 1.82) is 0 Å². The van der Waals surface area contributed by atoms with Crippen LogP contribution in [-0.2, 0) is 0 Å². The van der Waals surface area contributed by atoms with Gasteiger partial charge in [-0.25, -0.2) is 4.98 Å². The first-order chi connectivity index (χ1) is 9.81. The van der Waals surface area contributed by atoms with Crippen LogP contribution in [0.15, 0.2) is 12.1 Å². The Kier molecular flexibility index (Phi) is 2.80. The Morgan fingerprint density at radius 2 is 2.00 bits per heavy atom. The lowest BCUT2D eigenvalue weighted by Crippen LogP contribution is -2.33. The number of imidazole rings is 1. The lowest BCUT2D eigenvalue weighted by molar-refractivity contribution is 0.172. The summed E-state index contributed by atoms with van der Waals surface area (Å²) in [5.41, 5.74) is 1.97. The summed E-state index contributed by atoms with van der Waals surface area (Å²) < 4.78 is 11.2. The summed E-state index contributed by atoms with van der Waals surface area (Å²) in [6, 6.07) is 4.28. The second-order valence-corrected chi connectivity index (χ2v) is 5.69. The van der Waals surface area contributed by atoms with Gasteiger partial charge in [-0.3, -0.25) is 0 Å². The van der Waals surface area contributed by atoms with Crippen molar-refractivity contribution in [2.75, 3.05) is 19.8 Å². The lowest BCUT2D eigenvalue weighted by atomic mass is 9.92. The van der Waals surface area contributed by atoms with Crippen LogP contribution in [0.5, 0.6) is 11.5 Å². The first kappa shape index (κ1) is 12.0. The van der Waals surface area contributed by atoms with E-state index in [0.29, 0.717) is 25.2 Å². The summed E-state index contributed by atoms with van der Waals surface area (Å²) in [4.78, 5) is 8.18. The molecule has 0 amide bonds. The summed E-state index contributed by atoms with van der Waals surface area (Å²) in [6.07, 6.45) is 2.49. The van der Waals surface area contributed by atoms with Crippen LogP contribution in [0.2, 0.25) is 0 Å². The average molecular weight is 273 g/mol. The molecule has 2 unspecified atom stereocenters. The quantitative estimate of drug-likeness (QED) is 0.837. The molecule has 5 nitrogen and oxygen atoms in total. The Hall–Kier alpha value is -1.75. The Balaban J connectivity index is 1.74. The Morgan fingerprint density at radius 3 is 2.80 bits per heavy atom. The van der Waals surface area contributed by atoms with E-state index >= 15 is 0 Å². The second-order valence-electron chi connectivity index (χ2n) is 5.69. The number of piperidine rings is 1. The Bertz CT molecular complexity index is 594. The highest BCUT2D eigenvalue weighted by molar-refractivity contribution is 5.80. The number of fused-ring (bicyclic) bond motifs is 2. The van der Waals surface area contributed by atoms with Crippen LogP contribution >= 0.6 is 0 Å². The zero-order valence-electron chi connectivity index (χ0n) is 11.6. The molecule has 0 aliphatic carbocycles. The van der Waals surface area contributed by atoms with Crippen LogP contribution in [0.25, 0.3) is 11.0 Å². The molecule has 2 N–H and O–H groups in total. The van der Waals surface area contributed by atoms with Gasteiger partial charge in [0, 0.05) is 12.1 Å². The van der Waals surface area contributed by atoms with Crippen LogP contribution < -0.4 is 14.8 Å². The summed E-state index contributed by atoms with van der Waals surface area (Å²) in [5.74, 6) is 3.23. The Labute approximate surface area is 117 Å². The molecule has 2 aliphatic heterocycles. The standard InChI is InChI=1S/C15H19N3O2/c1-9-3-2-4-16-14(9)15-17-10-7-12-13(8-11(10)18-15)20-6-5-19-12/h7-9,14,16H,2-6H2,1H3,(H,17,18). The topological polar surface area (TPSA) is 59.2 Å². The molecule has 106 valence electrons. The molecule has 20 heavy (non-hydrogen) atoms. The van der Waals surface area contributed by atoms with Gasteiger partial charge < -0.3 is 19.8 Å². The monoisotopic (exact) mass is 273 g/mol. The van der Waals surface area contributed by atoms with Crippen molar-refractivity contribution >= 4 is 11.0 Å². The van der Waals surface area contributed by atoms with Gasteiger partial charge in [-0.05, 0) is 25.3 Å². The van der Waals surface area contributed by atoms with Crippen LogP contribution in [0.4, 0.5) is 0 Å². The highest BCUT2D eigenvalue weighted by atomic mass is 16.6. The summed E-state index contributed by atoms with van der Waals surface area (Å²) in [6.45, 7) is 4.56. The number of benzene rings is 1. The van der Waals surface area contributed by atoms with Gasteiger partial charge in [0.2, 0.25) is 0 Å². The molecule has 2 aromatic rings. The Morgan fingerprint density at radius 1 is 1.20 bits per heavy atom. The molecule has 1 saturated heterocycles. The minimum Gasteiger partial charge on any atom is -0.486 e. The molecule has 1 aromatic heterocycles. The summed E-state index contributed by atoms with van der Waals surface area (Å²) >= 11 is 0. The molecule has 0 radical (unpaired) electrons. The molecule has 1 fully saturated rings. The van der Waals surface area contributed by atoms with Crippen molar-refractivity contribution in [2.24, 2.45) is 5.92 Å². The molecule has 4 rings (SSSR count). The molecule has 0 bridgehead atoms. The average Bonchev–Trinajstić information content (AvgIpc) is 2.87. The van der Waals surface area contributed by atoms with Crippen molar-refractivity contribution in [3.8, 4) is 11.5 Å². The van der Waals surface area contributed by atoms with E-state index in [0.717, 1.165) is 34.9 Å². The number of aromatic nitrogens is 2. The van der Waals surface area contributed by atoms with Crippen LogP contribution in [0, 0.1) is 5.92 Å². The number of nitrogens with zero attached hydrogens (tertiary/aromatic N) is 1. The predicted molar refractivity (Wildman–Crippen MR) is 76.2 cm³/mol. The molecular weight excluding hydrogens is 254 g/mol. The maximum Gasteiger partial charge on any atom is 0.163 e. The van der Waals surface area contributed by atoms with Crippen LogP contribution in [0.1, 0.15) is 31.6 Å². The van der Waals surface area contributed by atoms with Crippen LogP contribution in [-0.4, -0.2) is 29.7 Å².